The Morgan fingerprint density at radius 2 is 2.13 bits per heavy atom. The summed E-state index contributed by atoms with van der Waals surface area (Å²) in [7, 11) is 0. The fourth-order valence-corrected chi connectivity index (χ4v) is 3.02. The molecule has 0 spiro atoms. The Morgan fingerprint density at radius 3 is 2.78 bits per heavy atom. The predicted molar refractivity (Wildman–Crippen MR) is 92.1 cm³/mol. The van der Waals surface area contributed by atoms with Crippen LogP contribution in [0.4, 0.5) is 4.79 Å². The molecule has 128 valence electrons. The number of carbonyl (C=O) groups excluding carboxylic acids is 1. The van der Waals surface area contributed by atoms with Crippen molar-refractivity contribution in [3.63, 3.8) is 0 Å². The molecule has 5 nitrogen and oxygen atoms in total. The van der Waals surface area contributed by atoms with Crippen molar-refractivity contribution in [2.45, 2.75) is 32.9 Å². The molecule has 1 aromatic carbocycles. The Labute approximate surface area is 139 Å². The van der Waals surface area contributed by atoms with Crippen molar-refractivity contribution in [1.82, 2.24) is 9.80 Å². The Morgan fingerprint density at radius 1 is 1.39 bits per heavy atom. The molecule has 2 rings (SSSR count). The quantitative estimate of drug-likeness (QED) is 0.838. The second-order valence-electron chi connectivity index (χ2n) is 6.52. The highest BCUT2D eigenvalue weighted by Gasteiger charge is 2.28. The van der Waals surface area contributed by atoms with Crippen LogP contribution in [-0.2, 0) is 11.3 Å². The van der Waals surface area contributed by atoms with Gasteiger partial charge in [-0.2, -0.15) is 0 Å². The third-order valence-electron chi connectivity index (χ3n) is 4.39. The molecule has 5 heteroatoms. The van der Waals surface area contributed by atoms with Crippen LogP contribution in [0.5, 0.6) is 0 Å². The molecule has 1 fully saturated rings. The molecule has 0 aliphatic carbocycles. The number of likely N-dealkylation sites (tertiary alicyclic amines) is 1. The minimum Gasteiger partial charge on any atom is -0.445 e. The molecule has 0 saturated carbocycles. The molecule has 1 aliphatic rings. The highest BCUT2D eigenvalue weighted by molar-refractivity contribution is 5.68. The number of rotatable bonds is 7. The standard InChI is InChI=1S/C18H29N3O2/c1-15(2)20(11-9-19)12-17-8-10-21(13-17)18(22)23-14-16-6-4-3-5-7-16/h3-7,15,17H,8-14,19H2,1-2H3/t17-/m0/s1. The monoisotopic (exact) mass is 319 g/mol. The Kier molecular flexibility index (Phi) is 6.86. The van der Waals surface area contributed by atoms with E-state index in [-0.39, 0.29) is 6.09 Å². The van der Waals surface area contributed by atoms with Crippen LogP contribution in [0.25, 0.3) is 0 Å². The SMILES string of the molecule is CC(C)N(CCN)C[C@@H]1CCN(C(=O)OCc2ccccc2)C1. The van der Waals surface area contributed by atoms with E-state index in [0.29, 0.717) is 25.1 Å². The summed E-state index contributed by atoms with van der Waals surface area (Å²) < 4.78 is 5.41. The average molecular weight is 319 g/mol. The molecular formula is C18H29N3O2. The normalized spacial score (nSPS) is 18.0. The van der Waals surface area contributed by atoms with Crippen LogP contribution < -0.4 is 5.73 Å². The number of ether oxygens (including phenoxy) is 1. The van der Waals surface area contributed by atoms with Crippen LogP contribution in [0.2, 0.25) is 0 Å². The van der Waals surface area contributed by atoms with Gasteiger partial charge in [0, 0.05) is 38.8 Å². The number of carbonyl (C=O) groups is 1. The van der Waals surface area contributed by atoms with E-state index < -0.39 is 0 Å². The van der Waals surface area contributed by atoms with E-state index in [1.807, 2.05) is 35.2 Å². The fourth-order valence-electron chi connectivity index (χ4n) is 3.02. The van der Waals surface area contributed by atoms with Crippen LogP contribution >= 0.6 is 0 Å². The molecule has 0 aromatic heterocycles. The molecule has 1 saturated heterocycles. The zero-order valence-electron chi connectivity index (χ0n) is 14.3. The Bertz CT molecular complexity index is 478. The number of hydrogen-bond donors (Lipinski definition) is 1. The summed E-state index contributed by atoms with van der Waals surface area (Å²) in [6.45, 7) is 8.87. The lowest BCUT2D eigenvalue weighted by molar-refractivity contribution is 0.101. The Hall–Kier alpha value is -1.59. The van der Waals surface area contributed by atoms with Crippen molar-refractivity contribution >= 4 is 6.09 Å². The lowest BCUT2D eigenvalue weighted by Crippen LogP contribution is -2.40. The van der Waals surface area contributed by atoms with Crippen molar-refractivity contribution in [3.05, 3.63) is 35.9 Å². The van der Waals surface area contributed by atoms with Gasteiger partial charge >= 0.3 is 6.09 Å². The van der Waals surface area contributed by atoms with Gasteiger partial charge in [-0.15, -0.1) is 0 Å². The lowest BCUT2D eigenvalue weighted by Gasteiger charge is -2.28. The fraction of sp³-hybridized carbons (Fsp3) is 0.611. The molecule has 2 N–H and O–H groups in total. The smallest absolute Gasteiger partial charge is 0.410 e. The van der Waals surface area contributed by atoms with Crippen LogP contribution in [0.1, 0.15) is 25.8 Å². The molecule has 1 heterocycles. The summed E-state index contributed by atoms with van der Waals surface area (Å²) in [6, 6.07) is 10.3. The van der Waals surface area contributed by atoms with E-state index in [1.54, 1.807) is 0 Å². The summed E-state index contributed by atoms with van der Waals surface area (Å²) in [6.07, 6.45) is 0.833. The van der Waals surface area contributed by atoms with Gasteiger partial charge in [0.1, 0.15) is 6.61 Å². The minimum atomic E-state index is -0.203. The molecular weight excluding hydrogens is 290 g/mol. The summed E-state index contributed by atoms with van der Waals surface area (Å²) >= 11 is 0. The van der Waals surface area contributed by atoms with Crippen molar-refractivity contribution < 1.29 is 9.53 Å². The van der Waals surface area contributed by atoms with Crippen LogP contribution in [0.15, 0.2) is 30.3 Å². The van der Waals surface area contributed by atoms with E-state index in [4.69, 9.17) is 10.5 Å². The molecule has 1 aliphatic heterocycles. The van der Waals surface area contributed by atoms with Crippen LogP contribution in [0.3, 0.4) is 0 Å². The van der Waals surface area contributed by atoms with E-state index in [2.05, 4.69) is 18.7 Å². The Balaban J connectivity index is 1.76. The summed E-state index contributed by atoms with van der Waals surface area (Å²) in [5, 5.41) is 0. The van der Waals surface area contributed by atoms with Crippen molar-refractivity contribution in [3.8, 4) is 0 Å². The summed E-state index contributed by atoms with van der Waals surface area (Å²) in [5.74, 6) is 0.508. The minimum absolute atomic E-state index is 0.203. The van der Waals surface area contributed by atoms with Crippen molar-refractivity contribution in [2.24, 2.45) is 11.7 Å². The van der Waals surface area contributed by atoms with Gasteiger partial charge in [-0.25, -0.2) is 4.79 Å². The van der Waals surface area contributed by atoms with Crippen LogP contribution in [0, 0.1) is 5.92 Å². The molecule has 1 atom stereocenters. The molecule has 0 unspecified atom stereocenters. The summed E-state index contributed by atoms with van der Waals surface area (Å²) in [5.41, 5.74) is 6.70. The predicted octanol–water partition coefficient (Wildman–Crippen LogP) is 2.31. The first-order chi connectivity index (χ1) is 11.1. The van der Waals surface area contributed by atoms with Crippen LogP contribution in [-0.4, -0.2) is 54.7 Å². The van der Waals surface area contributed by atoms with Gasteiger partial charge in [-0.05, 0) is 31.7 Å². The third kappa shape index (κ3) is 5.52. The first-order valence-corrected chi connectivity index (χ1v) is 8.50. The number of hydrogen-bond acceptors (Lipinski definition) is 4. The molecule has 23 heavy (non-hydrogen) atoms. The first-order valence-electron chi connectivity index (χ1n) is 8.50. The largest absolute Gasteiger partial charge is 0.445 e. The molecule has 0 radical (unpaired) electrons. The molecule has 1 aromatic rings. The number of amides is 1. The van der Waals surface area contributed by atoms with Gasteiger partial charge in [0.05, 0.1) is 0 Å². The number of nitrogens with zero attached hydrogens (tertiary/aromatic N) is 2. The topological polar surface area (TPSA) is 58.8 Å². The van der Waals surface area contributed by atoms with Gasteiger partial charge < -0.3 is 15.4 Å². The van der Waals surface area contributed by atoms with Gasteiger partial charge in [0.25, 0.3) is 0 Å². The highest BCUT2D eigenvalue weighted by Crippen LogP contribution is 2.19. The average Bonchev–Trinajstić information content (AvgIpc) is 3.02. The van der Waals surface area contributed by atoms with Gasteiger partial charge in [0.15, 0.2) is 0 Å². The first kappa shape index (κ1) is 17.8. The van der Waals surface area contributed by atoms with Crippen molar-refractivity contribution in [2.75, 3.05) is 32.7 Å². The number of benzene rings is 1. The van der Waals surface area contributed by atoms with E-state index in [9.17, 15) is 4.79 Å². The second kappa shape index (κ2) is 8.89. The maximum absolute atomic E-state index is 12.2. The van der Waals surface area contributed by atoms with E-state index >= 15 is 0 Å². The maximum Gasteiger partial charge on any atom is 0.410 e. The van der Waals surface area contributed by atoms with Gasteiger partial charge in [-0.3, -0.25) is 4.90 Å². The zero-order chi connectivity index (χ0) is 16.7. The zero-order valence-corrected chi connectivity index (χ0v) is 14.3. The highest BCUT2D eigenvalue weighted by atomic mass is 16.6. The lowest BCUT2D eigenvalue weighted by atomic mass is 10.1. The number of nitrogens with two attached hydrogens (primary N) is 1. The summed E-state index contributed by atoms with van der Waals surface area (Å²) in [4.78, 5) is 16.4. The van der Waals surface area contributed by atoms with Gasteiger partial charge in [0.2, 0.25) is 0 Å². The maximum atomic E-state index is 12.2. The van der Waals surface area contributed by atoms with E-state index in [0.717, 1.165) is 38.2 Å². The second-order valence-corrected chi connectivity index (χ2v) is 6.52. The van der Waals surface area contributed by atoms with E-state index in [1.165, 1.54) is 0 Å². The molecule has 1 amide bonds. The van der Waals surface area contributed by atoms with Gasteiger partial charge in [-0.1, -0.05) is 30.3 Å². The third-order valence-corrected chi connectivity index (χ3v) is 4.39. The van der Waals surface area contributed by atoms with Crippen molar-refractivity contribution in [1.29, 1.82) is 0 Å². The molecule has 0 bridgehead atoms.